The third kappa shape index (κ3) is 6.44. The third-order valence-corrected chi connectivity index (χ3v) is 1.69. The van der Waals surface area contributed by atoms with Crippen molar-refractivity contribution in [2.24, 2.45) is 4.99 Å². The molecule has 0 saturated heterocycles. The lowest BCUT2D eigenvalue weighted by Crippen LogP contribution is -1.96. The number of hydrogen-bond donors (Lipinski definition) is 0. The Bertz CT molecular complexity index is 207. The minimum Gasteiger partial charge on any atom is -0.270 e. The van der Waals surface area contributed by atoms with Gasteiger partial charge in [-0.15, -0.1) is 0 Å². The van der Waals surface area contributed by atoms with Crippen molar-refractivity contribution in [3.05, 3.63) is 23.8 Å². The molecule has 1 unspecified atom stereocenters. The molecule has 0 aliphatic carbocycles. The fraction of sp³-hybridized carbons (Fsp3) is 0.444. The summed E-state index contributed by atoms with van der Waals surface area (Å²) >= 11 is 11.3. The molecule has 0 aliphatic heterocycles. The van der Waals surface area contributed by atoms with Gasteiger partial charge in [-0.3, -0.25) is 4.99 Å². The summed E-state index contributed by atoms with van der Waals surface area (Å²) < 4.78 is 0. The quantitative estimate of drug-likeness (QED) is 0.490. The second-order valence-electron chi connectivity index (χ2n) is 2.49. The number of hydrogen-bond acceptors (Lipinski definition) is 1. The van der Waals surface area contributed by atoms with Crippen molar-refractivity contribution in [3.8, 4) is 0 Å². The van der Waals surface area contributed by atoms with Crippen molar-refractivity contribution in [3.63, 3.8) is 0 Å². The lowest BCUT2D eigenvalue weighted by molar-refractivity contribution is 0.720. The Morgan fingerprint density at radius 3 is 2.50 bits per heavy atom. The summed E-state index contributed by atoms with van der Waals surface area (Å²) in [7, 11) is 0. The van der Waals surface area contributed by atoms with Gasteiger partial charge in [-0.25, -0.2) is 0 Å². The Balaban J connectivity index is 4.10. The lowest BCUT2D eigenvalue weighted by atomic mass is 10.3. The van der Waals surface area contributed by atoms with Gasteiger partial charge >= 0.3 is 0 Å². The van der Waals surface area contributed by atoms with Gasteiger partial charge in [-0.1, -0.05) is 36.7 Å². The van der Waals surface area contributed by atoms with Crippen molar-refractivity contribution in [2.45, 2.75) is 26.3 Å². The van der Waals surface area contributed by atoms with Crippen LogP contribution in [0, 0.1) is 0 Å². The molecule has 0 bridgehead atoms. The monoisotopic (exact) mass is 205 g/mol. The molecule has 0 heterocycles. The maximum atomic E-state index is 5.76. The van der Waals surface area contributed by atoms with Crippen molar-refractivity contribution in [1.82, 2.24) is 0 Å². The number of rotatable bonds is 4. The van der Waals surface area contributed by atoms with Gasteiger partial charge in [-0.05, 0) is 25.5 Å². The van der Waals surface area contributed by atoms with Crippen LogP contribution in [0.1, 0.15) is 20.3 Å². The molecule has 0 radical (unpaired) electrons. The Labute approximate surface area is 83.8 Å². The Morgan fingerprint density at radius 1 is 1.50 bits per heavy atom. The zero-order valence-electron chi connectivity index (χ0n) is 7.35. The summed E-state index contributed by atoms with van der Waals surface area (Å²) in [5, 5.41) is 0.915. The average molecular weight is 206 g/mol. The van der Waals surface area contributed by atoms with Crippen LogP contribution >= 0.6 is 23.2 Å². The molecular formula is C9H13Cl2N. The molecule has 0 aromatic rings. The minimum atomic E-state index is 0.255. The van der Waals surface area contributed by atoms with Gasteiger partial charge < -0.3 is 0 Å². The molecular weight excluding hydrogens is 193 g/mol. The third-order valence-electron chi connectivity index (χ3n) is 1.34. The van der Waals surface area contributed by atoms with E-state index in [0.29, 0.717) is 10.2 Å². The van der Waals surface area contributed by atoms with Gasteiger partial charge in [0.2, 0.25) is 0 Å². The van der Waals surface area contributed by atoms with Crippen LogP contribution in [-0.2, 0) is 0 Å². The largest absolute Gasteiger partial charge is 0.270 e. The van der Waals surface area contributed by atoms with E-state index in [2.05, 4.69) is 18.5 Å². The number of nitrogens with zero attached hydrogens (tertiary/aromatic N) is 1. The van der Waals surface area contributed by atoms with Crippen LogP contribution in [0.5, 0.6) is 0 Å². The molecule has 0 amide bonds. The van der Waals surface area contributed by atoms with Gasteiger partial charge in [0.1, 0.15) is 5.17 Å². The van der Waals surface area contributed by atoms with E-state index >= 15 is 0 Å². The van der Waals surface area contributed by atoms with Crippen molar-refractivity contribution >= 4 is 28.4 Å². The molecule has 68 valence electrons. The van der Waals surface area contributed by atoms with Crippen LogP contribution in [0.25, 0.3) is 0 Å². The van der Waals surface area contributed by atoms with Gasteiger partial charge in [0, 0.05) is 11.1 Å². The first-order chi connectivity index (χ1) is 5.56. The van der Waals surface area contributed by atoms with Crippen LogP contribution in [0.3, 0.4) is 0 Å². The first kappa shape index (κ1) is 11.7. The van der Waals surface area contributed by atoms with E-state index in [1.165, 1.54) is 0 Å². The Morgan fingerprint density at radius 2 is 2.08 bits per heavy atom. The first-order valence-corrected chi connectivity index (χ1v) is 4.57. The van der Waals surface area contributed by atoms with Crippen molar-refractivity contribution in [1.29, 1.82) is 0 Å². The summed E-state index contributed by atoms with van der Waals surface area (Å²) in [6.07, 6.45) is 4.24. The summed E-state index contributed by atoms with van der Waals surface area (Å²) in [4.78, 5) is 4.16. The summed E-state index contributed by atoms with van der Waals surface area (Å²) in [6, 6.07) is 0.255. The smallest absolute Gasteiger partial charge is 0.123 e. The Hall–Kier alpha value is -0.270. The van der Waals surface area contributed by atoms with Crippen molar-refractivity contribution in [2.75, 3.05) is 0 Å². The SMILES string of the molecule is C=C(Cl)/C=C\C(Cl)=NC(C)CC. The summed E-state index contributed by atoms with van der Waals surface area (Å²) in [5.41, 5.74) is 0. The second-order valence-corrected chi connectivity index (χ2v) is 3.36. The van der Waals surface area contributed by atoms with Crippen LogP contribution in [0.2, 0.25) is 0 Å². The van der Waals surface area contributed by atoms with E-state index < -0.39 is 0 Å². The molecule has 1 atom stereocenters. The highest BCUT2D eigenvalue weighted by atomic mass is 35.5. The number of halogens is 2. The standard InChI is InChI=1S/C9H13Cl2N/c1-4-8(3)12-9(11)6-5-7(2)10/h5-6,8H,2,4H2,1,3H3/b6-5-,12-9?. The zero-order chi connectivity index (χ0) is 9.56. The van der Waals surface area contributed by atoms with Gasteiger partial charge in [-0.2, -0.15) is 0 Å². The van der Waals surface area contributed by atoms with Gasteiger partial charge in [0.05, 0.1) is 0 Å². The Kier molecular flexibility index (Phi) is 6.13. The highest BCUT2D eigenvalue weighted by Gasteiger charge is 1.94. The molecule has 0 spiro atoms. The van der Waals surface area contributed by atoms with Crippen molar-refractivity contribution < 1.29 is 0 Å². The molecule has 0 fully saturated rings. The van der Waals surface area contributed by atoms with Crippen LogP contribution in [0.15, 0.2) is 28.8 Å². The second kappa shape index (κ2) is 6.27. The molecule has 1 nitrogen and oxygen atoms in total. The van der Waals surface area contributed by atoms with Gasteiger partial charge in [0.15, 0.2) is 0 Å². The maximum absolute atomic E-state index is 5.76. The topological polar surface area (TPSA) is 12.4 Å². The fourth-order valence-corrected chi connectivity index (χ4v) is 0.797. The predicted octanol–water partition coefficient (Wildman–Crippen LogP) is 3.73. The maximum Gasteiger partial charge on any atom is 0.123 e. The van der Waals surface area contributed by atoms with E-state index in [1.54, 1.807) is 12.2 Å². The van der Waals surface area contributed by atoms with Crippen LogP contribution in [-0.4, -0.2) is 11.2 Å². The highest BCUT2D eigenvalue weighted by Crippen LogP contribution is 2.03. The molecule has 0 aliphatic rings. The van der Waals surface area contributed by atoms with Crippen LogP contribution in [0.4, 0.5) is 0 Å². The van der Waals surface area contributed by atoms with E-state index in [-0.39, 0.29) is 6.04 Å². The summed E-state index contributed by atoms with van der Waals surface area (Å²) in [5.74, 6) is 0. The fourth-order valence-electron chi connectivity index (χ4n) is 0.504. The lowest BCUT2D eigenvalue weighted by Gasteiger charge is -1.99. The van der Waals surface area contributed by atoms with E-state index in [9.17, 15) is 0 Å². The van der Waals surface area contributed by atoms with E-state index in [0.717, 1.165) is 6.42 Å². The van der Waals surface area contributed by atoms with Crippen LogP contribution < -0.4 is 0 Å². The van der Waals surface area contributed by atoms with E-state index in [4.69, 9.17) is 23.2 Å². The van der Waals surface area contributed by atoms with Gasteiger partial charge in [0.25, 0.3) is 0 Å². The number of allylic oxidation sites excluding steroid dienone is 3. The number of aliphatic imine (C=N–C) groups is 1. The molecule has 12 heavy (non-hydrogen) atoms. The minimum absolute atomic E-state index is 0.255. The zero-order valence-corrected chi connectivity index (χ0v) is 8.86. The molecule has 0 saturated carbocycles. The molecule has 0 aromatic carbocycles. The first-order valence-electron chi connectivity index (χ1n) is 3.82. The average Bonchev–Trinajstić information content (AvgIpc) is 2.00. The molecule has 0 aromatic heterocycles. The predicted molar refractivity (Wildman–Crippen MR) is 57.2 cm³/mol. The highest BCUT2D eigenvalue weighted by molar-refractivity contribution is 6.68. The normalized spacial score (nSPS) is 15.2. The molecule has 3 heteroatoms. The molecule has 0 rings (SSSR count). The van der Waals surface area contributed by atoms with E-state index in [1.807, 2.05) is 6.92 Å². The molecule has 0 N–H and O–H groups in total. The summed E-state index contributed by atoms with van der Waals surface area (Å²) in [6.45, 7) is 7.56.